The molecular weight excluding hydrogens is 382 g/mol. The van der Waals surface area contributed by atoms with Gasteiger partial charge < -0.3 is 24.6 Å². The molecule has 2 aromatic carbocycles. The maximum absolute atomic E-state index is 13.0. The third-order valence-corrected chi connectivity index (χ3v) is 5.49. The molecule has 1 unspecified atom stereocenters. The summed E-state index contributed by atoms with van der Waals surface area (Å²) in [4.78, 5) is 29.6. The second kappa shape index (κ2) is 9.07. The first-order valence-electron chi connectivity index (χ1n) is 10.4. The average molecular weight is 409 g/mol. The number of rotatable bonds is 5. The summed E-state index contributed by atoms with van der Waals surface area (Å²) in [6, 6.07) is 14.8. The predicted octanol–water partition coefficient (Wildman–Crippen LogP) is 2.91. The van der Waals surface area contributed by atoms with Gasteiger partial charge in [-0.25, -0.2) is 0 Å². The zero-order chi connectivity index (χ0) is 20.9. The molecule has 1 atom stereocenters. The fourth-order valence-corrected chi connectivity index (χ4v) is 3.98. The highest BCUT2D eigenvalue weighted by Gasteiger charge is 2.34. The van der Waals surface area contributed by atoms with Gasteiger partial charge in [0.15, 0.2) is 6.10 Å². The molecule has 0 bridgehead atoms. The number of para-hydroxylation sites is 2. The summed E-state index contributed by atoms with van der Waals surface area (Å²) < 4.78 is 11.2. The number of hydrogen-bond donors (Lipinski definition) is 1. The maximum Gasteiger partial charge on any atom is 0.265 e. The summed E-state index contributed by atoms with van der Waals surface area (Å²) in [6.45, 7) is 2.02. The standard InChI is InChI=1S/C23H27N3O4/c1-29-18-9-7-8-17(14-18)24-22(27)16-26-15-21(23(28)25-12-5-2-6-13-25)30-20-11-4-3-10-19(20)26/h3-4,7-11,14,21H,2,5-6,12-13,15-16H2,1H3,(H,24,27). The van der Waals surface area contributed by atoms with E-state index in [-0.39, 0.29) is 18.4 Å². The number of anilines is 2. The highest BCUT2D eigenvalue weighted by molar-refractivity contribution is 5.95. The number of carbonyl (C=O) groups excluding carboxylic acids is 2. The number of nitrogens with one attached hydrogen (secondary N) is 1. The van der Waals surface area contributed by atoms with Crippen molar-refractivity contribution in [2.45, 2.75) is 25.4 Å². The molecule has 0 spiro atoms. The van der Waals surface area contributed by atoms with Crippen LogP contribution in [0.3, 0.4) is 0 Å². The maximum atomic E-state index is 13.0. The number of carbonyl (C=O) groups is 2. The van der Waals surface area contributed by atoms with Crippen LogP contribution in [0.1, 0.15) is 19.3 Å². The molecule has 1 fully saturated rings. The van der Waals surface area contributed by atoms with E-state index in [4.69, 9.17) is 9.47 Å². The molecule has 30 heavy (non-hydrogen) atoms. The molecule has 0 saturated carbocycles. The van der Waals surface area contributed by atoms with Gasteiger partial charge in [0.25, 0.3) is 5.91 Å². The molecule has 158 valence electrons. The van der Waals surface area contributed by atoms with E-state index < -0.39 is 6.10 Å². The number of benzene rings is 2. The Bertz CT molecular complexity index is 911. The Morgan fingerprint density at radius 3 is 2.70 bits per heavy atom. The Hall–Kier alpha value is -3.22. The summed E-state index contributed by atoms with van der Waals surface area (Å²) in [7, 11) is 1.59. The van der Waals surface area contributed by atoms with E-state index in [1.807, 2.05) is 52.3 Å². The van der Waals surface area contributed by atoms with Crippen molar-refractivity contribution in [2.24, 2.45) is 0 Å². The molecule has 0 radical (unpaired) electrons. The Labute approximate surface area is 176 Å². The fourth-order valence-electron chi connectivity index (χ4n) is 3.98. The summed E-state index contributed by atoms with van der Waals surface area (Å²) in [5.41, 5.74) is 1.49. The SMILES string of the molecule is COc1cccc(NC(=O)CN2CC(C(=O)N3CCCCC3)Oc3ccccc32)c1. The molecule has 0 aromatic heterocycles. The number of fused-ring (bicyclic) bond motifs is 1. The summed E-state index contributed by atoms with van der Waals surface area (Å²) >= 11 is 0. The lowest BCUT2D eigenvalue weighted by Gasteiger charge is -2.38. The minimum absolute atomic E-state index is 0.00223. The third kappa shape index (κ3) is 4.50. The third-order valence-electron chi connectivity index (χ3n) is 5.49. The molecule has 2 amide bonds. The monoisotopic (exact) mass is 409 g/mol. The summed E-state index contributed by atoms with van der Waals surface area (Å²) in [6.07, 6.45) is 2.61. The minimum Gasteiger partial charge on any atom is -0.497 e. The summed E-state index contributed by atoms with van der Waals surface area (Å²) in [5, 5.41) is 2.91. The van der Waals surface area contributed by atoms with Crippen LogP contribution in [0, 0.1) is 0 Å². The van der Waals surface area contributed by atoms with Crippen LogP contribution in [0.5, 0.6) is 11.5 Å². The van der Waals surface area contributed by atoms with E-state index in [9.17, 15) is 9.59 Å². The number of likely N-dealkylation sites (tertiary alicyclic amines) is 1. The van der Waals surface area contributed by atoms with Crippen LogP contribution in [0.4, 0.5) is 11.4 Å². The molecule has 1 N–H and O–H groups in total. The van der Waals surface area contributed by atoms with Gasteiger partial charge in [-0.3, -0.25) is 9.59 Å². The first-order valence-corrected chi connectivity index (χ1v) is 10.4. The van der Waals surface area contributed by atoms with E-state index in [1.165, 1.54) is 0 Å². The van der Waals surface area contributed by atoms with Gasteiger partial charge >= 0.3 is 0 Å². The molecule has 2 aliphatic heterocycles. The van der Waals surface area contributed by atoms with Gasteiger partial charge in [-0.05, 0) is 43.5 Å². The topological polar surface area (TPSA) is 71.1 Å². The van der Waals surface area contributed by atoms with Crippen LogP contribution in [0.15, 0.2) is 48.5 Å². The Kier molecular flexibility index (Phi) is 6.07. The highest BCUT2D eigenvalue weighted by atomic mass is 16.5. The first-order chi connectivity index (χ1) is 14.6. The van der Waals surface area contributed by atoms with Gasteiger partial charge in [0.05, 0.1) is 25.9 Å². The van der Waals surface area contributed by atoms with Crippen molar-refractivity contribution < 1.29 is 19.1 Å². The van der Waals surface area contributed by atoms with Crippen LogP contribution in [0.2, 0.25) is 0 Å². The molecule has 2 aromatic rings. The molecule has 4 rings (SSSR count). The lowest BCUT2D eigenvalue weighted by molar-refractivity contribution is -0.139. The average Bonchev–Trinajstić information content (AvgIpc) is 2.79. The molecular formula is C23H27N3O4. The van der Waals surface area contributed by atoms with Crippen molar-refractivity contribution in [1.29, 1.82) is 0 Å². The van der Waals surface area contributed by atoms with Crippen molar-refractivity contribution in [3.05, 3.63) is 48.5 Å². The number of amides is 2. The van der Waals surface area contributed by atoms with Crippen molar-refractivity contribution in [2.75, 3.05) is 43.5 Å². The van der Waals surface area contributed by atoms with Gasteiger partial charge in [-0.15, -0.1) is 0 Å². The van der Waals surface area contributed by atoms with Gasteiger partial charge in [0.2, 0.25) is 5.91 Å². The minimum atomic E-state index is -0.609. The molecule has 1 saturated heterocycles. The van der Waals surface area contributed by atoms with Crippen molar-refractivity contribution in [3.8, 4) is 11.5 Å². The zero-order valence-corrected chi connectivity index (χ0v) is 17.2. The normalized spacial score (nSPS) is 18.2. The number of methoxy groups -OCH3 is 1. The van der Waals surface area contributed by atoms with E-state index in [2.05, 4.69) is 5.32 Å². The Morgan fingerprint density at radius 1 is 1.10 bits per heavy atom. The van der Waals surface area contributed by atoms with Crippen LogP contribution >= 0.6 is 0 Å². The summed E-state index contributed by atoms with van der Waals surface area (Å²) in [5.74, 6) is 1.15. The van der Waals surface area contributed by atoms with Crippen molar-refractivity contribution in [1.82, 2.24) is 4.90 Å². The second-order valence-electron chi connectivity index (χ2n) is 7.62. The van der Waals surface area contributed by atoms with Gasteiger partial charge in [-0.2, -0.15) is 0 Å². The molecule has 0 aliphatic carbocycles. The molecule has 7 heteroatoms. The number of piperidine rings is 1. The number of hydrogen-bond acceptors (Lipinski definition) is 5. The van der Waals surface area contributed by atoms with Crippen molar-refractivity contribution >= 4 is 23.2 Å². The molecule has 2 aliphatic rings. The highest BCUT2D eigenvalue weighted by Crippen LogP contribution is 2.33. The Balaban J connectivity index is 1.48. The van der Waals surface area contributed by atoms with E-state index in [1.54, 1.807) is 13.2 Å². The van der Waals surface area contributed by atoms with Crippen LogP contribution < -0.4 is 19.7 Å². The van der Waals surface area contributed by atoms with E-state index in [0.29, 0.717) is 23.7 Å². The van der Waals surface area contributed by atoms with E-state index >= 15 is 0 Å². The van der Waals surface area contributed by atoms with Crippen LogP contribution in [0.25, 0.3) is 0 Å². The fraction of sp³-hybridized carbons (Fsp3) is 0.391. The largest absolute Gasteiger partial charge is 0.497 e. The number of nitrogens with zero attached hydrogens (tertiary/aromatic N) is 2. The molecule has 7 nitrogen and oxygen atoms in total. The van der Waals surface area contributed by atoms with E-state index in [0.717, 1.165) is 38.0 Å². The van der Waals surface area contributed by atoms with Gasteiger partial charge in [0, 0.05) is 24.8 Å². The Morgan fingerprint density at radius 2 is 1.90 bits per heavy atom. The van der Waals surface area contributed by atoms with Crippen LogP contribution in [-0.4, -0.2) is 56.1 Å². The number of ether oxygens (including phenoxy) is 2. The van der Waals surface area contributed by atoms with Gasteiger partial charge in [0.1, 0.15) is 11.5 Å². The smallest absolute Gasteiger partial charge is 0.265 e. The quantitative estimate of drug-likeness (QED) is 0.822. The van der Waals surface area contributed by atoms with Gasteiger partial charge in [-0.1, -0.05) is 18.2 Å². The molecule has 2 heterocycles. The lowest BCUT2D eigenvalue weighted by Crippen LogP contribution is -2.52. The first kappa shape index (κ1) is 20.1. The van der Waals surface area contributed by atoms with Crippen LogP contribution in [-0.2, 0) is 9.59 Å². The second-order valence-corrected chi connectivity index (χ2v) is 7.62. The predicted molar refractivity (Wildman–Crippen MR) is 115 cm³/mol. The van der Waals surface area contributed by atoms with Crippen molar-refractivity contribution in [3.63, 3.8) is 0 Å². The zero-order valence-electron chi connectivity index (χ0n) is 17.2. The lowest BCUT2D eigenvalue weighted by atomic mass is 10.1.